The first-order valence-electron chi connectivity index (χ1n) is 10.7. The number of nitrogens with zero attached hydrogens (tertiary/aromatic N) is 6. The first kappa shape index (κ1) is 22.6. The van der Waals surface area contributed by atoms with Gasteiger partial charge < -0.3 is 14.7 Å². The summed E-state index contributed by atoms with van der Waals surface area (Å²) in [6.45, 7) is 2.70. The molecule has 12 heteroatoms. The number of aromatic carboxylic acids is 1. The molecule has 0 radical (unpaired) electrons. The molecule has 0 aliphatic carbocycles. The van der Waals surface area contributed by atoms with Crippen LogP contribution in [0.5, 0.6) is 5.88 Å². The number of hydrogen-bond donors (Lipinski definition) is 1. The lowest BCUT2D eigenvalue weighted by atomic mass is 9.92. The van der Waals surface area contributed by atoms with Crippen LogP contribution in [0, 0.1) is 12.8 Å². The third-order valence-corrected chi connectivity index (χ3v) is 6.60. The summed E-state index contributed by atoms with van der Waals surface area (Å²) in [7, 11) is 1.53. The van der Waals surface area contributed by atoms with E-state index in [-0.39, 0.29) is 29.1 Å². The van der Waals surface area contributed by atoms with Gasteiger partial charge in [-0.05, 0) is 24.6 Å². The van der Waals surface area contributed by atoms with E-state index in [2.05, 4.69) is 19.3 Å². The average Bonchev–Trinajstić information content (AvgIpc) is 3.32. The molecule has 4 aromatic rings. The molecule has 5 heterocycles. The van der Waals surface area contributed by atoms with Crippen molar-refractivity contribution in [2.45, 2.75) is 13.3 Å². The number of ether oxygens (including phenoxy) is 1. The second-order valence-corrected chi connectivity index (χ2v) is 8.94. The second-order valence-electron chi connectivity index (χ2n) is 8.18. The van der Waals surface area contributed by atoms with Gasteiger partial charge in [0.1, 0.15) is 23.5 Å². The number of carbonyl (C=O) groups is 2. The highest BCUT2D eigenvalue weighted by Gasteiger charge is 2.34. The monoisotopic (exact) mass is 492 g/mol. The minimum Gasteiger partial charge on any atom is -0.481 e. The Balaban J connectivity index is 1.44. The number of ketones is 1. The summed E-state index contributed by atoms with van der Waals surface area (Å²) in [6.07, 6.45) is 2.80. The lowest BCUT2D eigenvalue weighted by molar-refractivity contribution is -0.123. The number of carboxylic acid groups (broad SMARTS) is 1. The molecule has 35 heavy (non-hydrogen) atoms. The quantitative estimate of drug-likeness (QED) is 0.407. The maximum Gasteiger partial charge on any atom is 0.341 e. The topological polar surface area (TPSA) is 140 Å². The van der Waals surface area contributed by atoms with E-state index < -0.39 is 11.4 Å². The normalized spacial score (nSPS) is 13.6. The Morgan fingerprint density at radius 2 is 2.06 bits per heavy atom. The molecule has 0 aromatic carbocycles. The van der Waals surface area contributed by atoms with Crippen LogP contribution < -0.4 is 15.1 Å². The number of rotatable bonds is 7. The van der Waals surface area contributed by atoms with Crippen LogP contribution in [-0.2, 0) is 11.2 Å². The molecule has 0 bridgehead atoms. The predicted octanol–water partition coefficient (Wildman–Crippen LogP) is 1.90. The summed E-state index contributed by atoms with van der Waals surface area (Å²) in [5, 5.41) is 10.1. The average molecular weight is 493 g/mol. The molecule has 0 amide bonds. The Kier molecular flexibility index (Phi) is 5.73. The van der Waals surface area contributed by atoms with Crippen molar-refractivity contribution in [1.29, 1.82) is 0 Å². The fourth-order valence-electron chi connectivity index (χ4n) is 4.07. The molecule has 0 unspecified atom stereocenters. The van der Waals surface area contributed by atoms with Crippen LogP contribution in [0.4, 0.5) is 5.82 Å². The van der Waals surface area contributed by atoms with Crippen molar-refractivity contribution in [3.05, 3.63) is 63.8 Å². The third-order valence-electron chi connectivity index (χ3n) is 5.93. The van der Waals surface area contributed by atoms with E-state index in [1.807, 2.05) is 4.90 Å². The number of Topliss-reactive ketones (excluding diaryl/α,β-unsaturated/α-hetero) is 1. The first-order chi connectivity index (χ1) is 16.9. The lowest BCUT2D eigenvalue weighted by Gasteiger charge is -2.39. The molecule has 1 N–H and O–H groups in total. The molecular weight excluding hydrogens is 472 g/mol. The van der Waals surface area contributed by atoms with Gasteiger partial charge in [-0.2, -0.15) is 4.37 Å². The van der Waals surface area contributed by atoms with Gasteiger partial charge in [-0.25, -0.2) is 19.7 Å². The van der Waals surface area contributed by atoms with Gasteiger partial charge in [0.05, 0.1) is 24.1 Å². The van der Waals surface area contributed by atoms with Crippen LogP contribution >= 0.6 is 11.5 Å². The number of hydrogen-bond acceptors (Lipinski definition) is 10. The standard InChI is InChI=1S/C23H20N6O5S/c1-12-6-17(28-8-13(9-28)16(30)7-14-4-3-5-18(26-14)34-2)27-21-19(12)20(31)15(22(32)33)10-29(21)23-24-11-25-35-23/h3-6,10-11,13H,7-9H2,1-2H3,(H,32,33). The van der Waals surface area contributed by atoms with E-state index in [0.717, 1.165) is 11.5 Å². The minimum absolute atomic E-state index is 0.0800. The van der Waals surface area contributed by atoms with E-state index in [9.17, 15) is 19.5 Å². The van der Waals surface area contributed by atoms with Crippen molar-refractivity contribution in [3.63, 3.8) is 0 Å². The van der Waals surface area contributed by atoms with Gasteiger partial charge in [-0.15, -0.1) is 0 Å². The SMILES string of the molecule is COc1cccc(CC(=O)C2CN(c3cc(C)c4c(=O)c(C(=O)O)cn(-c5ncns5)c4n3)C2)n1. The molecule has 4 aromatic heterocycles. The summed E-state index contributed by atoms with van der Waals surface area (Å²) in [5.74, 6) is -0.349. The number of pyridine rings is 3. The molecule has 178 valence electrons. The third kappa shape index (κ3) is 4.12. The maximum atomic E-state index is 12.9. The zero-order valence-electron chi connectivity index (χ0n) is 18.8. The van der Waals surface area contributed by atoms with Crippen molar-refractivity contribution < 1.29 is 19.4 Å². The highest BCUT2D eigenvalue weighted by Crippen LogP contribution is 2.29. The van der Waals surface area contributed by atoms with Crippen LogP contribution in [0.15, 0.2) is 41.6 Å². The number of methoxy groups -OCH3 is 1. The van der Waals surface area contributed by atoms with Crippen LogP contribution in [0.3, 0.4) is 0 Å². The number of aryl methyl sites for hydroxylation is 1. The van der Waals surface area contributed by atoms with Crippen molar-refractivity contribution in [1.82, 2.24) is 23.9 Å². The molecule has 1 aliphatic heterocycles. The minimum atomic E-state index is -1.33. The van der Waals surface area contributed by atoms with Crippen LogP contribution in [-0.4, -0.2) is 61.0 Å². The zero-order chi connectivity index (χ0) is 24.7. The molecule has 1 fully saturated rings. The Morgan fingerprint density at radius 1 is 1.26 bits per heavy atom. The molecule has 11 nitrogen and oxygen atoms in total. The molecule has 0 atom stereocenters. The largest absolute Gasteiger partial charge is 0.481 e. The molecular formula is C23H20N6O5S. The number of anilines is 1. The maximum absolute atomic E-state index is 12.9. The Bertz CT molecular complexity index is 1510. The number of carbonyl (C=O) groups excluding carboxylic acids is 1. The highest BCUT2D eigenvalue weighted by molar-refractivity contribution is 7.08. The zero-order valence-corrected chi connectivity index (χ0v) is 19.7. The van der Waals surface area contributed by atoms with Crippen molar-refractivity contribution in [2.24, 2.45) is 5.92 Å². The van der Waals surface area contributed by atoms with Gasteiger partial charge in [0.25, 0.3) is 0 Å². The van der Waals surface area contributed by atoms with Gasteiger partial charge in [-0.3, -0.25) is 14.2 Å². The molecule has 5 rings (SSSR count). The summed E-state index contributed by atoms with van der Waals surface area (Å²) >= 11 is 1.06. The van der Waals surface area contributed by atoms with E-state index >= 15 is 0 Å². The van der Waals surface area contributed by atoms with Crippen molar-refractivity contribution in [2.75, 3.05) is 25.1 Å². The fraction of sp³-hybridized carbons (Fsp3) is 0.261. The van der Waals surface area contributed by atoms with Gasteiger partial charge in [0, 0.05) is 43.3 Å². The summed E-state index contributed by atoms with van der Waals surface area (Å²) in [6, 6.07) is 7.07. The molecule has 0 saturated carbocycles. The van der Waals surface area contributed by atoms with Gasteiger partial charge in [0.2, 0.25) is 16.4 Å². The molecule has 1 saturated heterocycles. The van der Waals surface area contributed by atoms with Crippen LogP contribution in [0.25, 0.3) is 16.2 Å². The Hall–Kier alpha value is -4.19. The fourth-order valence-corrected chi connectivity index (χ4v) is 4.58. The van der Waals surface area contributed by atoms with E-state index in [1.165, 1.54) is 24.2 Å². The molecule has 0 spiro atoms. The van der Waals surface area contributed by atoms with E-state index in [1.54, 1.807) is 31.2 Å². The first-order valence-corrected chi connectivity index (χ1v) is 11.5. The van der Waals surface area contributed by atoms with E-state index in [0.29, 0.717) is 46.8 Å². The Morgan fingerprint density at radius 3 is 2.74 bits per heavy atom. The number of fused-ring (bicyclic) bond motifs is 1. The van der Waals surface area contributed by atoms with Crippen molar-refractivity contribution in [3.8, 4) is 11.0 Å². The van der Waals surface area contributed by atoms with Crippen molar-refractivity contribution >= 4 is 40.1 Å². The van der Waals surface area contributed by atoms with E-state index in [4.69, 9.17) is 4.74 Å². The van der Waals surface area contributed by atoms with Gasteiger partial charge in [-0.1, -0.05) is 6.07 Å². The predicted molar refractivity (Wildman–Crippen MR) is 128 cm³/mol. The smallest absolute Gasteiger partial charge is 0.341 e. The summed E-state index contributed by atoms with van der Waals surface area (Å²) < 4.78 is 10.6. The van der Waals surface area contributed by atoms with Crippen LogP contribution in [0.1, 0.15) is 21.6 Å². The number of carboxylic acids is 1. The van der Waals surface area contributed by atoms with Gasteiger partial charge in [0.15, 0.2) is 5.65 Å². The summed E-state index contributed by atoms with van der Waals surface area (Å²) in [4.78, 5) is 52.4. The van der Waals surface area contributed by atoms with Gasteiger partial charge >= 0.3 is 5.97 Å². The summed E-state index contributed by atoms with van der Waals surface area (Å²) in [5.41, 5.74) is 0.565. The lowest BCUT2D eigenvalue weighted by Crippen LogP contribution is -2.51. The second kappa shape index (κ2) is 8.87. The highest BCUT2D eigenvalue weighted by atomic mass is 32.1. The molecule has 1 aliphatic rings. The Labute approximate surface area is 202 Å². The number of aromatic nitrogens is 5. The van der Waals surface area contributed by atoms with Crippen LogP contribution in [0.2, 0.25) is 0 Å².